The Hall–Kier alpha value is -5.76. The number of phenols is 1. The van der Waals surface area contributed by atoms with Crippen molar-refractivity contribution in [2.24, 2.45) is 23.7 Å². The van der Waals surface area contributed by atoms with Gasteiger partial charge in [-0.3, -0.25) is 24.1 Å². The Morgan fingerprint density at radius 3 is 2.10 bits per heavy atom. The van der Waals surface area contributed by atoms with Crippen molar-refractivity contribution in [3.8, 4) is 17.2 Å². The number of carbonyl (C=O) groups excluding carboxylic acids is 4. The van der Waals surface area contributed by atoms with Crippen LogP contribution < -0.4 is 14.4 Å². The smallest absolute Gasteiger partial charge is 0.238 e. The first-order valence-corrected chi connectivity index (χ1v) is 16.8. The molecule has 6 atom stereocenters. The summed E-state index contributed by atoms with van der Waals surface area (Å²) in [5.74, 6) is -4.49. The van der Waals surface area contributed by atoms with E-state index in [1.807, 2.05) is 72.8 Å². The zero-order valence-electron chi connectivity index (χ0n) is 27.6. The van der Waals surface area contributed by atoms with E-state index in [1.165, 1.54) is 31.3 Å². The van der Waals surface area contributed by atoms with Gasteiger partial charge in [0, 0.05) is 35.1 Å². The van der Waals surface area contributed by atoms with Crippen molar-refractivity contribution < 1.29 is 33.8 Å². The lowest BCUT2D eigenvalue weighted by molar-refractivity contribution is -0.135. The highest BCUT2D eigenvalue weighted by molar-refractivity contribution is 6.32. The van der Waals surface area contributed by atoms with E-state index in [9.17, 15) is 14.7 Å². The number of ketones is 2. The summed E-state index contributed by atoms with van der Waals surface area (Å²) in [5, 5.41) is 11.9. The number of benzene rings is 4. The van der Waals surface area contributed by atoms with E-state index < -0.39 is 35.0 Å². The average Bonchev–Trinajstić information content (AvgIpc) is 3.41. The van der Waals surface area contributed by atoms with E-state index in [0.29, 0.717) is 33.7 Å². The number of para-hydroxylation sites is 1. The van der Waals surface area contributed by atoms with E-state index in [0.717, 1.165) is 5.57 Å². The van der Waals surface area contributed by atoms with Crippen LogP contribution in [0.3, 0.4) is 0 Å². The summed E-state index contributed by atoms with van der Waals surface area (Å²) in [6, 6.07) is 30.4. The monoisotopic (exact) mass is 665 g/mol. The maximum Gasteiger partial charge on any atom is 0.238 e. The molecule has 3 aliphatic carbocycles. The molecular weight excluding hydrogens is 630 g/mol. The second-order valence-corrected chi connectivity index (χ2v) is 13.4. The number of methoxy groups -OCH3 is 2. The second kappa shape index (κ2) is 12.0. The first kappa shape index (κ1) is 31.5. The molecule has 0 radical (unpaired) electrons. The van der Waals surface area contributed by atoms with Gasteiger partial charge in [-0.2, -0.15) is 0 Å². The number of amides is 2. The van der Waals surface area contributed by atoms with Crippen molar-refractivity contribution in [3.05, 3.63) is 138 Å². The number of carbonyl (C=O) groups is 4. The highest BCUT2D eigenvalue weighted by atomic mass is 16.5. The number of hydrogen-bond acceptors (Lipinski definition) is 7. The Morgan fingerprint density at radius 2 is 1.44 bits per heavy atom. The van der Waals surface area contributed by atoms with Gasteiger partial charge in [0.15, 0.2) is 11.6 Å². The molecule has 2 amide bonds. The summed E-state index contributed by atoms with van der Waals surface area (Å²) in [6.45, 7) is 0. The first-order valence-electron chi connectivity index (χ1n) is 16.8. The quantitative estimate of drug-likeness (QED) is 0.187. The molecule has 4 aliphatic rings. The molecule has 1 saturated carbocycles. The largest absolute Gasteiger partial charge is 0.507 e. The number of nitrogens with zero attached hydrogens (tertiary/aromatic N) is 1. The maximum absolute atomic E-state index is 15.2. The minimum atomic E-state index is -1.50. The van der Waals surface area contributed by atoms with Gasteiger partial charge in [-0.15, -0.1) is 0 Å². The molecule has 1 heterocycles. The molecule has 1 saturated heterocycles. The fourth-order valence-corrected chi connectivity index (χ4v) is 9.18. The molecule has 8 nitrogen and oxygen atoms in total. The fraction of sp³-hybridized carbons (Fsp3) is 0.238. The van der Waals surface area contributed by atoms with Crippen molar-refractivity contribution in [1.29, 1.82) is 0 Å². The van der Waals surface area contributed by atoms with Gasteiger partial charge in [0.05, 0.1) is 37.2 Å². The molecular formula is C42H35NO7. The SMILES string of the molecule is COc1cc(O)c(C2C3=CCC4C(=O)N(c5ccccc5)C(=O)C4C3CC3C(=O)C(c4ccccc4)=CC(=O)C32c2ccccc2)c(OC)c1. The van der Waals surface area contributed by atoms with Crippen LogP contribution in [0.1, 0.15) is 35.4 Å². The van der Waals surface area contributed by atoms with Crippen molar-refractivity contribution >= 4 is 34.6 Å². The third-order valence-corrected chi connectivity index (χ3v) is 11.2. The molecule has 250 valence electrons. The fourth-order valence-electron chi connectivity index (χ4n) is 9.18. The van der Waals surface area contributed by atoms with Crippen LogP contribution in [-0.2, 0) is 24.6 Å². The lowest BCUT2D eigenvalue weighted by Crippen LogP contribution is -2.58. The molecule has 50 heavy (non-hydrogen) atoms. The molecule has 0 bridgehead atoms. The van der Waals surface area contributed by atoms with Crippen molar-refractivity contribution in [2.45, 2.75) is 24.2 Å². The topological polar surface area (TPSA) is 110 Å². The number of ether oxygens (including phenoxy) is 2. The standard InChI is InChI=1S/C42H35NO7/c1-49-27-20-33(44)37(34(21-27)50-2)38-28-18-19-29-36(41(48)43(40(29)47)26-16-10-5-11-17-26)31(28)22-32-39(46)30(24-12-6-3-7-13-24)23-35(45)42(32,38)25-14-8-4-9-15-25/h3-18,20-21,23,29,31-32,36,38,44H,19,22H2,1-2H3. The number of aromatic hydroxyl groups is 1. The van der Waals surface area contributed by atoms with Gasteiger partial charge in [-0.05, 0) is 48.1 Å². The Morgan fingerprint density at radius 1 is 0.780 bits per heavy atom. The van der Waals surface area contributed by atoms with Crippen LogP contribution in [0.25, 0.3) is 5.57 Å². The third-order valence-electron chi connectivity index (χ3n) is 11.2. The molecule has 4 aromatic rings. The highest BCUT2D eigenvalue weighted by Crippen LogP contribution is 2.65. The van der Waals surface area contributed by atoms with Gasteiger partial charge in [0.25, 0.3) is 0 Å². The van der Waals surface area contributed by atoms with Crippen LogP contribution >= 0.6 is 0 Å². The van der Waals surface area contributed by atoms with E-state index >= 15 is 9.59 Å². The predicted octanol–water partition coefficient (Wildman–Crippen LogP) is 6.44. The van der Waals surface area contributed by atoms with Crippen molar-refractivity contribution in [1.82, 2.24) is 0 Å². The number of allylic oxidation sites excluding steroid dienone is 4. The van der Waals surface area contributed by atoms with Crippen LogP contribution in [0.15, 0.2) is 121 Å². The van der Waals surface area contributed by atoms with Gasteiger partial charge >= 0.3 is 0 Å². The molecule has 8 rings (SSSR count). The predicted molar refractivity (Wildman–Crippen MR) is 187 cm³/mol. The number of Topliss-reactive ketones (excluding diaryl/α,β-unsaturated/α-hetero) is 1. The van der Waals surface area contributed by atoms with Crippen molar-refractivity contribution in [3.63, 3.8) is 0 Å². The molecule has 0 aromatic heterocycles. The molecule has 0 spiro atoms. The minimum absolute atomic E-state index is 0.161. The average molecular weight is 666 g/mol. The van der Waals surface area contributed by atoms with E-state index in [1.54, 1.807) is 30.3 Å². The van der Waals surface area contributed by atoms with Gasteiger partial charge < -0.3 is 14.6 Å². The van der Waals surface area contributed by atoms with Crippen LogP contribution in [0, 0.1) is 23.7 Å². The number of phenolic OH excluding ortho intramolecular Hbond substituents is 1. The molecule has 4 aromatic carbocycles. The number of fused-ring (bicyclic) bond motifs is 4. The Bertz CT molecular complexity index is 2110. The number of imide groups is 1. The zero-order valence-corrected chi connectivity index (χ0v) is 27.6. The minimum Gasteiger partial charge on any atom is -0.507 e. The third kappa shape index (κ3) is 4.44. The zero-order chi connectivity index (χ0) is 34.7. The Labute approximate surface area is 289 Å². The summed E-state index contributed by atoms with van der Waals surface area (Å²) >= 11 is 0. The summed E-state index contributed by atoms with van der Waals surface area (Å²) < 4.78 is 11.4. The lowest BCUT2D eigenvalue weighted by atomic mass is 9.44. The molecule has 1 N–H and O–H groups in total. The van der Waals surface area contributed by atoms with Crippen LogP contribution in [0.2, 0.25) is 0 Å². The molecule has 6 unspecified atom stereocenters. The van der Waals surface area contributed by atoms with Crippen LogP contribution in [0.4, 0.5) is 5.69 Å². The summed E-state index contributed by atoms with van der Waals surface area (Å²) in [7, 11) is 2.96. The summed E-state index contributed by atoms with van der Waals surface area (Å²) in [5.41, 5.74) is 1.60. The number of hydrogen-bond donors (Lipinski definition) is 1. The Balaban J connectivity index is 1.41. The summed E-state index contributed by atoms with van der Waals surface area (Å²) in [6.07, 6.45) is 3.85. The lowest BCUT2D eigenvalue weighted by Gasteiger charge is -2.55. The van der Waals surface area contributed by atoms with E-state index in [2.05, 4.69) is 0 Å². The molecule has 8 heteroatoms. The number of rotatable bonds is 6. The first-order chi connectivity index (χ1) is 24.3. The van der Waals surface area contributed by atoms with Gasteiger partial charge in [0.1, 0.15) is 17.2 Å². The molecule has 1 aliphatic heterocycles. The van der Waals surface area contributed by atoms with Gasteiger partial charge in [-0.25, -0.2) is 0 Å². The highest BCUT2D eigenvalue weighted by Gasteiger charge is 2.66. The Kier molecular flexibility index (Phi) is 7.55. The van der Waals surface area contributed by atoms with E-state index in [4.69, 9.17) is 9.47 Å². The van der Waals surface area contributed by atoms with Gasteiger partial charge in [-0.1, -0.05) is 90.5 Å². The normalized spacial score (nSPS) is 27.2. The van der Waals surface area contributed by atoms with E-state index in [-0.39, 0.29) is 47.7 Å². The van der Waals surface area contributed by atoms with Crippen LogP contribution in [0.5, 0.6) is 17.2 Å². The van der Waals surface area contributed by atoms with Crippen LogP contribution in [-0.4, -0.2) is 42.7 Å². The molecule has 2 fully saturated rings. The van der Waals surface area contributed by atoms with Crippen molar-refractivity contribution in [2.75, 3.05) is 19.1 Å². The van der Waals surface area contributed by atoms with Gasteiger partial charge in [0.2, 0.25) is 11.8 Å². The summed E-state index contributed by atoms with van der Waals surface area (Å²) in [4.78, 5) is 60.1. The second-order valence-electron chi connectivity index (χ2n) is 13.4. The number of anilines is 1. The maximum atomic E-state index is 15.2.